The fourth-order valence-corrected chi connectivity index (χ4v) is 3.17. The fraction of sp³-hybridized carbons (Fsp3) is 0.625. The van der Waals surface area contributed by atoms with Crippen LogP contribution in [0.3, 0.4) is 0 Å². The molecule has 1 aromatic carbocycles. The summed E-state index contributed by atoms with van der Waals surface area (Å²) in [6, 6.07) is 4.03. The molecule has 1 aliphatic carbocycles. The molecule has 0 spiro atoms. The molecule has 1 N–H and O–H groups in total. The van der Waals surface area contributed by atoms with Crippen molar-refractivity contribution >= 4 is 0 Å². The summed E-state index contributed by atoms with van der Waals surface area (Å²) in [6.45, 7) is 5.98. The van der Waals surface area contributed by atoms with Crippen LogP contribution >= 0.6 is 0 Å². The van der Waals surface area contributed by atoms with Crippen molar-refractivity contribution in [2.24, 2.45) is 17.8 Å². The summed E-state index contributed by atoms with van der Waals surface area (Å²) < 4.78 is 27.2. The first-order valence-corrected chi connectivity index (χ1v) is 7.01. The molecular formula is C16H22F2O. The molecule has 0 saturated heterocycles. The largest absolute Gasteiger partial charge is 0.385 e. The van der Waals surface area contributed by atoms with Gasteiger partial charge in [-0.2, -0.15) is 0 Å². The normalized spacial score (nSPS) is 30.9. The summed E-state index contributed by atoms with van der Waals surface area (Å²) in [7, 11) is 0. The maximum absolute atomic E-state index is 13.9. The molecular weight excluding hydrogens is 246 g/mol. The highest BCUT2D eigenvalue weighted by atomic mass is 19.2. The topological polar surface area (TPSA) is 20.2 Å². The van der Waals surface area contributed by atoms with Crippen LogP contribution in [0.5, 0.6) is 0 Å². The van der Waals surface area contributed by atoms with Crippen LogP contribution in [0.4, 0.5) is 8.78 Å². The third kappa shape index (κ3) is 2.66. The number of hydrogen-bond acceptors (Lipinski definition) is 1. The highest BCUT2D eigenvalue weighted by Crippen LogP contribution is 2.43. The fourth-order valence-electron chi connectivity index (χ4n) is 3.17. The lowest BCUT2D eigenvalue weighted by Crippen LogP contribution is -2.37. The summed E-state index contributed by atoms with van der Waals surface area (Å²) in [5, 5.41) is 10.7. The van der Waals surface area contributed by atoms with Crippen molar-refractivity contribution in [3.8, 4) is 0 Å². The Balaban J connectivity index is 2.29. The number of benzene rings is 1. The average Bonchev–Trinajstić information content (AvgIpc) is 2.35. The number of aliphatic hydroxyl groups is 1. The predicted molar refractivity (Wildman–Crippen MR) is 71.6 cm³/mol. The molecule has 106 valence electrons. The summed E-state index contributed by atoms with van der Waals surface area (Å²) >= 11 is 0. The van der Waals surface area contributed by atoms with Crippen molar-refractivity contribution in [1.29, 1.82) is 0 Å². The summed E-state index contributed by atoms with van der Waals surface area (Å²) in [5.41, 5.74) is -1.22. The minimum absolute atomic E-state index is 0.0185. The van der Waals surface area contributed by atoms with Crippen LogP contribution in [0.2, 0.25) is 0 Å². The Kier molecular flexibility index (Phi) is 3.95. The Morgan fingerprint density at radius 2 is 1.84 bits per heavy atom. The Morgan fingerprint density at radius 1 is 1.16 bits per heavy atom. The Labute approximate surface area is 113 Å². The van der Waals surface area contributed by atoms with Crippen molar-refractivity contribution < 1.29 is 13.9 Å². The van der Waals surface area contributed by atoms with E-state index in [4.69, 9.17) is 0 Å². The van der Waals surface area contributed by atoms with Crippen molar-refractivity contribution in [2.75, 3.05) is 0 Å². The van der Waals surface area contributed by atoms with Crippen LogP contribution in [0.1, 0.15) is 45.6 Å². The van der Waals surface area contributed by atoms with E-state index in [1.54, 1.807) is 6.92 Å². The highest BCUT2D eigenvalue weighted by Gasteiger charge is 2.40. The first kappa shape index (κ1) is 14.4. The van der Waals surface area contributed by atoms with Crippen molar-refractivity contribution in [2.45, 2.75) is 45.6 Å². The minimum atomic E-state index is -1.30. The smallest absolute Gasteiger partial charge is 0.164 e. The van der Waals surface area contributed by atoms with E-state index in [-0.39, 0.29) is 11.5 Å². The van der Waals surface area contributed by atoms with Gasteiger partial charge in [-0.15, -0.1) is 0 Å². The van der Waals surface area contributed by atoms with E-state index in [0.717, 1.165) is 25.3 Å². The van der Waals surface area contributed by atoms with Crippen LogP contribution in [-0.4, -0.2) is 5.11 Å². The summed E-state index contributed by atoms with van der Waals surface area (Å²) in [5.74, 6) is -0.699. The van der Waals surface area contributed by atoms with Gasteiger partial charge in [0.1, 0.15) is 0 Å². The Morgan fingerprint density at radius 3 is 2.47 bits per heavy atom. The molecule has 0 aliphatic heterocycles. The Bertz CT molecular complexity index is 456. The van der Waals surface area contributed by atoms with E-state index in [1.165, 1.54) is 12.1 Å². The maximum atomic E-state index is 13.9. The molecule has 0 aromatic heterocycles. The second-order valence-electron chi connectivity index (χ2n) is 6.21. The molecule has 2 rings (SSSR count). The van der Waals surface area contributed by atoms with Crippen LogP contribution in [0.25, 0.3) is 0 Å². The van der Waals surface area contributed by atoms with Gasteiger partial charge in [-0.1, -0.05) is 32.4 Å². The van der Waals surface area contributed by atoms with Gasteiger partial charge in [0, 0.05) is 5.56 Å². The van der Waals surface area contributed by atoms with E-state index in [2.05, 4.69) is 13.8 Å². The molecule has 4 unspecified atom stereocenters. The highest BCUT2D eigenvalue weighted by molar-refractivity contribution is 5.25. The van der Waals surface area contributed by atoms with Gasteiger partial charge in [-0.05, 0) is 43.6 Å². The number of halogens is 2. The predicted octanol–water partition coefficient (Wildman–Crippen LogP) is 4.24. The first-order chi connectivity index (χ1) is 8.84. The minimum Gasteiger partial charge on any atom is -0.385 e. The van der Waals surface area contributed by atoms with Crippen molar-refractivity contribution in [1.82, 2.24) is 0 Å². The van der Waals surface area contributed by atoms with Crippen molar-refractivity contribution in [3.05, 3.63) is 35.4 Å². The molecule has 1 fully saturated rings. The molecule has 4 atom stereocenters. The zero-order chi connectivity index (χ0) is 14.2. The molecule has 0 radical (unpaired) electrons. The summed E-state index contributed by atoms with van der Waals surface area (Å²) in [6.07, 6.45) is 2.73. The first-order valence-electron chi connectivity index (χ1n) is 7.01. The third-order valence-corrected chi connectivity index (χ3v) is 4.89. The van der Waals surface area contributed by atoms with Gasteiger partial charge in [0.25, 0.3) is 0 Å². The van der Waals surface area contributed by atoms with Crippen molar-refractivity contribution in [3.63, 3.8) is 0 Å². The van der Waals surface area contributed by atoms with Gasteiger partial charge in [0.15, 0.2) is 11.6 Å². The lowest BCUT2D eigenvalue weighted by atomic mass is 9.68. The zero-order valence-corrected chi connectivity index (χ0v) is 11.8. The molecule has 1 nitrogen and oxygen atoms in total. The van der Waals surface area contributed by atoms with Gasteiger partial charge in [0.2, 0.25) is 0 Å². The average molecular weight is 268 g/mol. The molecule has 1 aromatic rings. The van der Waals surface area contributed by atoms with E-state index in [0.29, 0.717) is 11.8 Å². The van der Waals surface area contributed by atoms with E-state index in [9.17, 15) is 13.9 Å². The lowest BCUT2D eigenvalue weighted by molar-refractivity contribution is -0.0399. The quantitative estimate of drug-likeness (QED) is 0.850. The molecule has 0 bridgehead atoms. The van der Waals surface area contributed by atoms with E-state index < -0.39 is 17.2 Å². The molecule has 0 amide bonds. The van der Waals surface area contributed by atoms with E-state index in [1.807, 2.05) is 0 Å². The second kappa shape index (κ2) is 5.20. The zero-order valence-electron chi connectivity index (χ0n) is 11.8. The molecule has 0 heterocycles. The van der Waals surface area contributed by atoms with Gasteiger partial charge in [0.05, 0.1) is 5.60 Å². The van der Waals surface area contributed by atoms with Crippen LogP contribution in [0.15, 0.2) is 18.2 Å². The lowest BCUT2D eigenvalue weighted by Gasteiger charge is -2.40. The monoisotopic (exact) mass is 268 g/mol. The molecule has 19 heavy (non-hydrogen) atoms. The standard InChI is InChI=1S/C16H22F2O/c1-10-7-8-12(9-11(10)2)16(3,19)13-5-4-6-14(17)15(13)18/h4-6,10-12,19H,7-9H2,1-3H3. The SMILES string of the molecule is CC1CCC(C(C)(O)c2cccc(F)c2F)CC1C. The molecule has 1 aliphatic rings. The second-order valence-corrected chi connectivity index (χ2v) is 6.21. The van der Waals surface area contributed by atoms with Gasteiger partial charge in [-0.3, -0.25) is 0 Å². The van der Waals surface area contributed by atoms with Crippen LogP contribution < -0.4 is 0 Å². The van der Waals surface area contributed by atoms with Crippen LogP contribution in [0, 0.1) is 29.4 Å². The maximum Gasteiger partial charge on any atom is 0.164 e. The van der Waals surface area contributed by atoms with E-state index >= 15 is 0 Å². The van der Waals surface area contributed by atoms with Gasteiger partial charge in [-0.25, -0.2) is 8.78 Å². The Hall–Kier alpha value is -0.960. The molecule has 1 saturated carbocycles. The van der Waals surface area contributed by atoms with Gasteiger partial charge >= 0.3 is 0 Å². The number of hydrogen-bond donors (Lipinski definition) is 1. The number of rotatable bonds is 2. The van der Waals surface area contributed by atoms with Crippen LogP contribution in [-0.2, 0) is 5.60 Å². The third-order valence-electron chi connectivity index (χ3n) is 4.89. The molecule has 3 heteroatoms. The van der Waals surface area contributed by atoms with Gasteiger partial charge < -0.3 is 5.11 Å². The summed E-state index contributed by atoms with van der Waals surface area (Å²) in [4.78, 5) is 0.